The highest BCUT2D eigenvalue weighted by atomic mass is 16.7. The Labute approximate surface area is 159 Å². The molecule has 0 amide bonds. The summed E-state index contributed by atoms with van der Waals surface area (Å²) in [5, 5.41) is 50.1. The van der Waals surface area contributed by atoms with Gasteiger partial charge in [0.15, 0.2) is 12.1 Å². The SMILES string of the molecule is CC1=CC(=O)CC(C)(C)C1(O)CCC(C)O[C@@H]1O[C@H](CO)[C@@H](O)[C@H](O)[C@H]1O. The molecule has 8 heteroatoms. The molecule has 1 aliphatic heterocycles. The molecule has 0 aromatic heterocycles. The van der Waals surface area contributed by atoms with Crippen molar-refractivity contribution in [1.82, 2.24) is 0 Å². The predicted octanol–water partition coefficient (Wildman–Crippen LogP) is -0.352. The summed E-state index contributed by atoms with van der Waals surface area (Å²) in [5.74, 6) is -0.00667. The predicted molar refractivity (Wildman–Crippen MR) is 95.7 cm³/mol. The van der Waals surface area contributed by atoms with Gasteiger partial charge >= 0.3 is 0 Å². The van der Waals surface area contributed by atoms with Gasteiger partial charge in [-0.15, -0.1) is 0 Å². The third-order valence-electron chi connectivity index (χ3n) is 5.89. The Morgan fingerprint density at radius 2 is 1.89 bits per heavy atom. The molecule has 1 saturated heterocycles. The lowest BCUT2D eigenvalue weighted by atomic mass is 9.63. The number of ketones is 1. The lowest BCUT2D eigenvalue weighted by Gasteiger charge is -2.46. The molecule has 0 aromatic rings. The van der Waals surface area contributed by atoms with Crippen molar-refractivity contribution in [2.75, 3.05) is 6.61 Å². The summed E-state index contributed by atoms with van der Waals surface area (Å²) >= 11 is 0. The number of aliphatic hydroxyl groups is 5. The summed E-state index contributed by atoms with van der Waals surface area (Å²) in [6.07, 6.45) is -4.59. The molecule has 8 nitrogen and oxygen atoms in total. The molecule has 27 heavy (non-hydrogen) atoms. The minimum absolute atomic E-state index is 0.00667. The summed E-state index contributed by atoms with van der Waals surface area (Å²) in [6.45, 7) is 6.66. The van der Waals surface area contributed by atoms with Crippen molar-refractivity contribution in [2.45, 2.75) is 89.4 Å². The summed E-state index contributed by atoms with van der Waals surface area (Å²) in [6, 6.07) is 0. The summed E-state index contributed by atoms with van der Waals surface area (Å²) in [4.78, 5) is 11.8. The van der Waals surface area contributed by atoms with Crippen LogP contribution >= 0.6 is 0 Å². The molecule has 2 aliphatic rings. The molecule has 1 aliphatic carbocycles. The number of rotatable bonds is 6. The zero-order valence-corrected chi connectivity index (χ0v) is 16.3. The highest BCUT2D eigenvalue weighted by Gasteiger charge is 2.49. The maximum Gasteiger partial charge on any atom is 0.186 e. The van der Waals surface area contributed by atoms with E-state index >= 15 is 0 Å². The van der Waals surface area contributed by atoms with Crippen LogP contribution in [0, 0.1) is 5.41 Å². The Balaban J connectivity index is 2.00. The second-order valence-electron chi connectivity index (χ2n) is 8.40. The van der Waals surface area contributed by atoms with E-state index < -0.39 is 54.4 Å². The van der Waals surface area contributed by atoms with Gasteiger partial charge in [-0.1, -0.05) is 13.8 Å². The molecule has 1 heterocycles. The van der Waals surface area contributed by atoms with Gasteiger partial charge in [-0.2, -0.15) is 0 Å². The van der Waals surface area contributed by atoms with Crippen LogP contribution in [-0.2, 0) is 14.3 Å². The Kier molecular flexibility index (Phi) is 6.85. The summed E-state index contributed by atoms with van der Waals surface area (Å²) in [5.41, 5.74) is -1.16. The fourth-order valence-corrected chi connectivity index (χ4v) is 3.95. The smallest absolute Gasteiger partial charge is 0.186 e. The fourth-order valence-electron chi connectivity index (χ4n) is 3.95. The Bertz CT molecular complexity index is 572. The summed E-state index contributed by atoms with van der Waals surface area (Å²) in [7, 11) is 0. The first kappa shape index (κ1) is 22.4. The molecular weight excluding hydrogens is 356 g/mol. The second-order valence-corrected chi connectivity index (χ2v) is 8.40. The highest BCUT2D eigenvalue weighted by molar-refractivity contribution is 5.92. The maximum absolute atomic E-state index is 11.8. The van der Waals surface area contributed by atoms with Crippen LogP contribution in [0.3, 0.4) is 0 Å². The van der Waals surface area contributed by atoms with E-state index in [1.54, 1.807) is 13.8 Å². The molecule has 156 valence electrons. The lowest BCUT2D eigenvalue weighted by Crippen LogP contribution is -2.59. The lowest BCUT2D eigenvalue weighted by molar-refractivity contribution is -0.310. The van der Waals surface area contributed by atoms with Gasteiger partial charge in [0.25, 0.3) is 0 Å². The molecule has 1 fully saturated rings. The monoisotopic (exact) mass is 388 g/mol. The number of carbonyl (C=O) groups excluding carboxylic acids is 1. The topological polar surface area (TPSA) is 137 Å². The number of carbonyl (C=O) groups is 1. The molecule has 0 radical (unpaired) electrons. The van der Waals surface area contributed by atoms with Crippen LogP contribution in [0.25, 0.3) is 0 Å². The van der Waals surface area contributed by atoms with Crippen LogP contribution in [0.15, 0.2) is 11.6 Å². The van der Waals surface area contributed by atoms with Crippen molar-refractivity contribution in [3.05, 3.63) is 11.6 Å². The van der Waals surface area contributed by atoms with Crippen LogP contribution < -0.4 is 0 Å². The maximum atomic E-state index is 11.8. The van der Waals surface area contributed by atoms with Crippen molar-refractivity contribution in [3.8, 4) is 0 Å². The van der Waals surface area contributed by atoms with Crippen LogP contribution in [-0.4, -0.2) is 80.3 Å². The Morgan fingerprint density at radius 1 is 1.26 bits per heavy atom. The Hall–Kier alpha value is -0.870. The van der Waals surface area contributed by atoms with Crippen LogP contribution in [0.1, 0.15) is 47.0 Å². The van der Waals surface area contributed by atoms with E-state index in [0.717, 1.165) is 0 Å². The van der Waals surface area contributed by atoms with E-state index in [1.807, 2.05) is 13.8 Å². The van der Waals surface area contributed by atoms with Gasteiger partial charge in [0, 0.05) is 11.8 Å². The van der Waals surface area contributed by atoms with Crippen molar-refractivity contribution < 1.29 is 39.8 Å². The average molecular weight is 388 g/mol. The average Bonchev–Trinajstić information content (AvgIpc) is 2.58. The van der Waals surface area contributed by atoms with Crippen molar-refractivity contribution in [3.63, 3.8) is 0 Å². The minimum atomic E-state index is -1.49. The standard InChI is InChI=1S/C19H32O8/c1-10-7-12(21)8-18(3,4)19(10,25)6-5-11(2)26-17-16(24)15(23)14(22)13(9-20)27-17/h7,11,13-17,20,22-25H,5-6,8-9H2,1-4H3/t11?,13-,14-,15+,16-,17-,19?/m1/s1. The van der Waals surface area contributed by atoms with Crippen LogP contribution in [0.2, 0.25) is 0 Å². The number of hydrogen-bond acceptors (Lipinski definition) is 8. The van der Waals surface area contributed by atoms with Crippen molar-refractivity contribution in [1.29, 1.82) is 0 Å². The van der Waals surface area contributed by atoms with Crippen molar-refractivity contribution in [2.24, 2.45) is 5.41 Å². The molecular formula is C19H32O8. The highest BCUT2D eigenvalue weighted by Crippen LogP contribution is 2.46. The molecule has 0 spiro atoms. The third kappa shape index (κ3) is 4.42. The number of hydrogen-bond donors (Lipinski definition) is 5. The van der Waals surface area contributed by atoms with Crippen LogP contribution in [0.5, 0.6) is 0 Å². The summed E-state index contributed by atoms with van der Waals surface area (Å²) < 4.78 is 11.0. The molecule has 0 bridgehead atoms. The molecule has 2 unspecified atom stereocenters. The Morgan fingerprint density at radius 3 is 2.44 bits per heavy atom. The normalized spacial score (nSPS) is 40.6. The van der Waals surface area contributed by atoms with E-state index in [0.29, 0.717) is 18.4 Å². The zero-order chi connectivity index (χ0) is 20.6. The first-order valence-corrected chi connectivity index (χ1v) is 9.33. The molecule has 2 rings (SSSR count). The van der Waals surface area contributed by atoms with E-state index in [1.165, 1.54) is 6.08 Å². The van der Waals surface area contributed by atoms with Crippen LogP contribution in [0.4, 0.5) is 0 Å². The largest absolute Gasteiger partial charge is 0.394 e. The van der Waals surface area contributed by atoms with Crippen molar-refractivity contribution >= 4 is 5.78 Å². The van der Waals surface area contributed by atoms with Gasteiger partial charge < -0.3 is 35.0 Å². The second kappa shape index (κ2) is 8.24. The van der Waals surface area contributed by atoms with Gasteiger partial charge in [0.1, 0.15) is 24.4 Å². The fraction of sp³-hybridized carbons (Fsp3) is 0.842. The molecule has 0 aromatic carbocycles. The minimum Gasteiger partial charge on any atom is -0.394 e. The first-order chi connectivity index (χ1) is 12.4. The molecule has 0 saturated carbocycles. The first-order valence-electron chi connectivity index (χ1n) is 9.33. The van der Waals surface area contributed by atoms with E-state index in [-0.39, 0.29) is 12.2 Å². The van der Waals surface area contributed by atoms with E-state index in [2.05, 4.69) is 0 Å². The third-order valence-corrected chi connectivity index (χ3v) is 5.89. The zero-order valence-electron chi connectivity index (χ0n) is 16.3. The molecule has 5 N–H and O–H groups in total. The van der Waals surface area contributed by atoms with Gasteiger partial charge in [-0.05, 0) is 38.3 Å². The molecule has 7 atom stereocenters. The number of ether oxygens (including phenoxy) is 2. The van der Waals surface area contributed by atoms with E-state index in [9.17, 15) is 30.3 Å². The van der Waals surface area contributed by atoms with E-state index in [4.69, 9.17) is 9.47 Å². The van der Waals surface area contributed by atoms with Gasteiger partial charge in [-0.3, -0.25) is 4.79 Å². The number of allylic oxidation sites excluding steroid dienone is 1. The quantitative estimate of drug-likeness (QED) is 0.416. The van der Waals surface area contributed by atoms with Gasteiger partial charge in [0.05, 0.1) is 18.3 Å². The number of aliphatic hydroxyl groups excluding tert-OH is 4. The van der Waals surface area contributed by atoms with Gasteiger partial charge in [-0.25, -0.2) is 0 Å². The van der Waals surface area contributed by atoms with Gasteiger partial charge in [0.2, 0.25) is 0 Å².